The maximum Gasteiger partial charge on any atom is 0.0991 e. The molecule has 5 nitrogen and oxygen atoms in total. The molecule has 1 fully saturated rings. The van der Waals surface area contributed by atoms with Crippen LogP contribution in [-0.4, -0.2) is 40.5 Å². The van der Waals surface area contributed by atoms with Gasteiger partial charge in [-0.15, -0.1) is 0 Å². The van der Waals surface area contributed by atoms with E-state index < -0.39 is 0 Å². The molecule has 0 amide bonds. The smallest absolute Gasteiger partial charge is 0.0991 e. The van der Waals surface area contributed by atoms with Crippen LogP contribution in [0.1, 0.15) is 23.1 Å². The fourth-order valence-corrected chi connectivity index (χ4v) is 3.41. The Hall–Kier alpha value is -2.16. The molecule has 5 heteroatoms. The standard InChI is InChI=1S/C18H22N4O/c1-21-12-16(11-20-21)9-17-18(23-2)6-7-22(17)13-15-5-3-4-14(8-15)10-19/h3-5,8,11-12,17-18H,6-7,9,13H2,1-2H3/t17-,18+/m1/s1. The molecule has 0 saturated carbocycles. The Balaban J connectivity index is 1.75. The number of hydrogen-bond donors (Lipinski definition) is 0. The lowest BCUT2D eigenvalue weighted by molar-refractivity contribution is 0.0638. The Bertz CT molecular complexity index is 703. The van der Waals surface area contributed by atoms with Gasteiger partial charge in [-0.3, -0.25) is 9.58 Å². The van der Waals surface area contributed by atoms with Crippen LogP contribution in [0.25, 0.3) is 0 Å². The third-order valence-electron chi connectivity index (χ3n) is 4.55. The molecule has 0 unspecified atom stereocenters. The molecule has 2 aromatic rings. The summed E-state index contributed by atoms with van der Waals surface area (Å²) in [6.07, 6.45) is 6.22. The zero-order chi connectivity index (χ0) is 16.2. The van der Waals surface area contributed by atoms with Gasteiger partial charge in [-0.1, -0.05) is 12.1 Å². The predicted octanol–water partition coefficient (Wildman–Crippen LogP) is 2.12. The van der Waals surface area contributed by atoms with Crippen LogP contribution in [0.15, 0.2) is 36.7 Å². The summed E-state index contributed by atoms with van der Waals surface area (Å²) in [5, 5.41) is 13.3. The lowest BCUT2D eigenvalue weighted by Crippen LogP contribution is -2.37. The summed E-state index contributed by atoms with van der Waals surface area (Å²) >= 11 is 0. The zero-order valence-electron chi connectivity index (χ0n) is 13.6. The first-order chi connectivity index (χ1) is 11.2. The quantitative estimate of drug-likeness (QED) is 0.849. The molecule has 0 N–H and O–H groups in total. The van der Waals surface area contributed by atoms with Crippen LogP contribution in [0.4, 0.5) is 0 Å². The van der Waals surface area contributed by atoms with Gasteiger partial charge < -0.3 is 4.74 Å². The molecule has 120 valence electrons. The number of likely N-dealkylation sites (tertiary alicyclic amines) is 1. The van der Waals surface area contributed by atoms with E-state index >= 15 is 0 Å². The average Bonchev–Trinajstić information content (AvgIpc) is 3.14. The van der Waals surface area contributed by atoms with Gasteiger partial charge in [-0.05, 0) is 36.1 Å². The summed E-state index contributed by atoms with van der Waals surface area (Å²) in [5.74, 6) is 0. The summed E-state index contributed by atoms with van der Waals surface area (Å²) in [7, 11) is 3.73. The van der Waals surface area contributed by atoms with E-state index in [0.717, 1.165) is 25.9 Å². The van der Waals surface area contributed by atoms with Gasteiger partial charge in [0.05, 0.1) is 23.9 Å². The third kappa shape index (κ3) is 3.61. The number of nitriles is 1. The number of methoxy groups -OCH3 is 1. The highest BCUT2D eigenvalue weighted by Crippen LogP contribution is 2.26. The van der Waals surface area contributed by atoms with Crippen LogP contribution in [0.2, 0.25) is 0 Å². The number of hydrogen-bond acceptors (Lipinski definition) is 4. The monoisotopic (exact) mass is 310 g/mol. The van der Waals surface area contributed by atoms with Crippen molar-refractivity contribution in [1.82, 2.24) is 14.7 Å². The maximum absolute atomic E-state index is 9.06. The minimum Gasteiger partial charge on any atom is -0.380 e. The lowest BCUT2D eigenvalue weighted by Gasteiger charge is -2.27. The fraction of sp³-hybridized carbons (Fsp3) is 0.444. The van der Waals surface area contributed by atoms with E-state index in [-0.39, 0.29) is 6.10 Å². The molecule has 0 bridgehead atoms. The lowest BCUT2D eigenvalue weighted by atomic mass is 10.0. The van der Waals surface area contributed by atoms with Gasteiger partial charge in [0, 0.05) is 39.5 Å². The highest BCUT2D eigenvalue weighted by molar-refractivity contribution is 5.32. The molecule has 2 atom stereocenters. The van der Waals surface area contributed by atoms with E-state index in [1.54, 1.807) is 7.11 Å². The van der Waals surface area contributed by atoms with E-state index in [2.05, 4.69) is 28.3 Å². The number of ether oxygens (including phenoxy) is 1. The molecule has 2 heterocycles. The second-order valence-corrected chi connectivity index (χ2v) is 6.14. The highest BCUT2D eigenvalue weighted by atomic mass is 16.5. The number of aryl methyl sites for hydroxylation is 1. The fourth-order valence-electron chi connectivity index (χ4n) is 3.41. The van der Waals surface area contributed by atoms with Crippen LogP contribution >= 0.6 is 0 Å². The van der Waals surface area contributed by atoms with Crippen molar-refractivity contribution in [3.8, 4) is 6.07 Å². The molecular weight excluding hydrogens is 288 g/mol. The van der Waals surface area contributed by atoms with E-state index in [4.69, 9.17) is 10.00 Å². The first-order valence-electron chi connectivity index (χ1n) is 7.93. The Labute approximate surface area is 137 Å². The van der Waals surface area contributed by atoms with Gasteiger partial charge >= 0.3 is 0 Å². The van der Waals surface area contributed by atoms with E-state index in [0.29, 0.717) is 11.6 Å². The Morgan fingerprint density at radius 1 is 1.39 bits per heavy atom. The van der Waals surface area contributed by atoms with Crippen molar-refractivity contribution in [2.24, 2.45) is 7.05 Å². The van der Waals surface area contributed by atoms with Gasteiger partial charge in [0.15, 0.2) is 0 Å². The summed E-state index contributed by atoms with van der Waals surface area (Å²) in [5.41, 5.74) is 3.13. The number of nitrogens with zero attached hydrogens (tertiary/aromatic N) is 4. The minimum absolute atomic E-state index is 0.245. The SMILES string of the molecule is CO[C@H]1CCN(Cc2cccc(C#N)c2)[C@@H]1Cc1cnn(C)c1. The molecule has 23 heavy (non-hydrogen) atoms. The summed E-state index contributed by atoms with van der Waals surface area (Å²) in [4.78, 5) is 2.46. The molecule has 1 saturated heterocycles. The van der Waals surface area contributed by atoms with Gasteiger partial charge in [0.1, 0.15) is 0 Å². The molecule has 3 rings (SSSR count). The molecular formula is C18H22N4O. The molecule has 0 aliphatic carbocycles. The van der Waals surface area contributed by atoms with Gasteiger partial charge in [-0.2, -0.15) is 10.4 Å². The van der Waals surface area contributed by atoms with Crippen LogP contribution in [0.5, 0.6) is 0 Å². The number of aromatic nitrogens is 2. The molecule has 1 aliphatic heterocycles. The van der Waals surface area contributed by atoms with Crippen LogP contribution in [0, 0.1) is 11.3 Å². The van der Waals surface area contributed by atoms with Crippen molar-refractivity contribution in [3.63, 3.8) is 0 Å². The van der Waals surface area contributed by atoms with Crippen molar-refractivity contribution in [2.75, 3.05) is 13.7 Å². The molecule has 1 aromatic carbocycles. The van der Waals surface area contributed by atoms with Crippen LogP contribution in [0.3, 0.4) is 0 Å². The molecule has 0 spiro atoms. The van der Waals surface area contributed by atoms with Crippen LogP contribution < -0.4 is 0 Å². The van der Waals surface area contributed by atoms with E-state index in [1.165, 1.54) is 11.1 Å². The molecule has 1 aromatic heterocycles. The summed E-state index contributed by atoms with van der Waals surface area (Å²) < 4.78 is 7.53. The Morgan fingerprint density at radius 3 is 2.96 bits per heavy atom. The predicted molar refractivity (Wildman–Crippen MR) is 87.7 cm³/mol. The Kier molecular flexibility index (Phi) is 4.75. The first kappa shape index (κ1) is 15.7. The number of benzene rings is 1. The maximum atomic E-state index is 9.06. The van der Waals surface area contributed by atoms with Crippen molar-refractivity contribution >= 4 is 0 Å². The van der Waals surface area contributed by atoms with E-state index in [1.807, 2.05) is 36.1 Å². The van der Waals surface area contributed by atoms with E-state index in [9.17, 15) is 0 Å². The molecule has 1 aliphatic rings. The van der Waals surface area contributed by atoms with Gasteiger partial charge in [0.25, 0.3) is 0 Å². The van der Waals surface area contributed by atoms with Crippen molar-refractivity contribution in [2.45, 2.75) is 31.5 Å². The second kappa shape index (κ2) is 6.95. The van der Waals surface area contributed by atoms with Gasteiger partial charge in [0.2, 0.25) is 0 Å². The summed E-state index contributed by atoms with van der Waals surface area (Å²) in [6, 6.07) is 10.4. The minimum atomic E-state index is 0.245. The normalized spacial score (nSPS) is 21.4. The second-order valence-electron chi connectivity index (χ2n) is 6.14. The largest absolute Gasteiger partial charge is 0.380 e. The van der Waals surface area contributed by atoms with Crippen LogP contribution in [-0.2, 0) is 24.8 Å². The third-order valence-corrected chi connectivity index (χ3v) is 4.55. The topological polar surface area (TPSA) is 54.1 Å². The zero-order valence-corrected chi connectivity index (χ0v) is 13.6. The number of rotatable bonds is 5. The highest BCUT2D eigenvalue weighted by Gasteiger charge is 2.34. The first-order valence-corrected chi connectivity index (χ1v) is 7.93. The molecule has 0 radical (unpaired) electrons. The Morgan fingerprint density at radius 2 is 2.26 bits per heavy atom. The van der Waals surface area contributed by atoms with Crippen molar-refractivity contribution in [3.05, 3.63) is 53.3 Å². The van der Waals surface area contributed by atoms with Gasteiger partial charge in [-0.25, -0.2) is 0 Å². The summed E-state index contributed by atoms with van der Waals surface area (Å²) in [6.45, 7) is 1.86. The van der Waals surface area contributed by atoms with Crippen molar-refractivity contribution in [1.29, 1.82) is 5.26 Å². The average molecular weight is 310 g/mol. The van der Waals surface area contributed by atoms with Crippen molar-refractivity contribution < 1.29 is 4.74 Å².